The second kappa shape index (κ2) is 11.6. The number of fused-ring (bicyclic) bond motifs is 2. The highest BCUT2D eigenvalue weighted by molar-refractivity contribution is 5.97. The van der Waals surface area contributed by atoms with Gasteiger partial charge in [-0.05, 0) is 87.2 Å². The van der Waals surface area contributed by atoms with Crippen molar-refractivity contribution in [3.8, 4) is 28.4 Å². The number of H-pyrrole nitrogens is 2. The molecule has 39 heavy (non-hydrogen) atoms. The molecule has 0 saturated carbocycles. The van der Waals surface area contributed by atoms with E-state index in [1.54, 1.807) is 0 Å². The highest BCUT2D eigenvalue weighted by Crippen LogP contribution is 2.32. The van der Waals surface area contributed by atoms with E-state index in [2.05, 4.69) is 115 Å². The van der Waals surface area contributed by atoms with Gasteiger partial charge in [-0.15, -0.1) is 0 Å². The molecule has 2 aromatic heterocycles. The largest absolute Gasteiger partial charge is 0.492 e. The molecule has 0 aliphatic carbocycles. The average molecular weight is 525 g/mol. The molecule has 0 spiro atoms. The lowest BCUT2D eigenvalue weighted by Crippen LogP contribution is -2.39. The standard InChI is InChI=1S/C32H40N6O/c1-20(2)7-14-30-33-32(37-35-30)26-11-13-29-28(19-26)31(36-34-29)25-9-8-24-18-27(12-10-23(24)17-25)39-16-15-38(21(3)4)22(5)6/h8-13,17-22H,7,14-16H2,1-6H3,(H,34,36)(H,33,35,37). The van der Waals surface area contributed by atoms with Crippen LogP contribution in [0.25, 0.3) is 44.3 Å². The summed E-state index contributed by atoms with van der Waals surface area (Å²) in [5.74, 6) is 3.19. The molecule has 0 bridgehead atoms. The van der Waals surface area contributed by atoms with Crippen molar-refractivity contribution in [1.82, 2.24) is 30.3 Å². The molecule has 0 aliphatic rings. The first-order valence-electron chi connectivity index (χ1n) is 14.1. The maximum Gasteiger partial charge on any atom is 0.181 e. The maximum atomic E-state index is 6.12. The van der Waals surface area contributed by atoms with Gasteiger partial charge in [0.2, 0.25) is 0 Å². The Bertz CT molecular complexity index is 1540. The second-order valence-corrected chi connectivity index (χ2v) is 11.4. The Labute approximate surface area is 231 Å². The minimum Gasteiger partial charge on any atom is -0.492 e. The molecule has 3 aromatic carbocycles. The smallest absolute Gasteiger partial charge is 0.181 e. The minimum atomic E-state index is 0.501. The predicted octanol–water partition coefficient (Wildman–Crippen LogP) is 7.25. The summed E-state index contributed by atoms with van der Waals surface area (Å²) in [6.45, 7) is 15.0. The van der Waals surface area contributed by atoms with Crippen LogP contribution in [-0.4, -0.2) is 55.5 Å². The van der Waals surface area contributed by atoms with Crippen molar-refractivity contribution >= 4 is 21.7 Å². The zero-order valence-electron chi connectivity index (χ0n) is 24.0. The Balaban J connectivity index is 1.35. The van der Waals surface area contributed by atoms with E-state index in [1.807, 2.05) is 6.07 Å². The SMILES string of the molecule is CC(C)CCc1nc(-c2ccc3[nH]nc(-c4ccc5cc(OCCN(C(C)C)C(C)C)ccc5c4)c3c2)n[nH]1. The highest BCUT2D eigenvalue weighted by Gasteiger charge is 2.14. The number of aryl methyl sites for hydroxylation is 1. The van der Waals surface area contributed by atoms with Gasteiger partial charge in [0.25, 0.3) is 0 Å². The Morgan fingerprint density at radius 3 is 2.31 bits per heavy atom. The first-order valence-corrected chi connectivity index (χ1v) is 14.1. The third-order valence-electron chi connectivity index (χ3n) is 7.34. The maximum absolute atomic E-state index is 6.12. The number of rotatable bonds is 11. The molecule has 0 aliphatic heterocycles. The van der Waals surface area contributed by atoms with Crippen LogP contribution in [0.5, 0.6) is 5.75 Å². The van der Waals surface area contributed by atoms with Crippen LogP contribution >= 0.6 is 0 Å². The summed E-state index contributed by atoms with van der Waals surface area (Å²) >= 11 is 0. The van der Waals surface area contributed by atoms with Gasteiger partial charge in [-0.1, -0.05) is 32.0 Å². The van der Waals surface area contributed by atoms with Crippen LogP contribution in [0.15, 0.2) is 54.6 Å². The number of nitrogens with one attached hydrogen (secondary N) is 2. The summed E-state index contributed by atoms with van der Waals surface area (Å²) in [7, 11) is 0. The van der Waals surface area contributed by atoms with Gasteiger partial charge < -0.3 is 4.74 Å². The minimum absolute atomic E-state index is 0.501. The lowest BCUT2D eigenvalue weighted by molar-refractivity contribution is 0.142. The van der Waals surface area contributed by atoms with Crippen molar-refractivity contribution in [1.29, 1.82) is 0 Å². The molecule has 0 amide bonds. The molecule has 0 fully saturated rings. The fourth-order valence-corrected chi connectivity index (χ4v) is 5.18. The number of hydrogen-bond donors (Lipinski definition) is 2. The van der Waals surface area contributed by atoms with Crippen molar-refractivity contribution in [2.45, 2.75) is 66.5 Å². The fraction of sp³-hybridized carbons (Fsp3) is 0.406. The van der Waals surface area contributed by atoms with Crippen LogP contribution in [-0.2, 0) is 6.42 Å². The van der Waals surface area contributed by atoms with Gasteiger partial charge in [0.1, 0.15) is 18.2 Å². The van der Waals surface area contributed by atoms with Gasteiger partial charge in [-0.3, -0.25) is 15.1 Å². The van der Waals surface area contributed by atoms with Crippen LogP contribution in [0.1, 0.15) is 53.8 Å². The van der Waals surface area contributed by atoms with Gasteiger partial charge in [0.15, 0.2) is 5.82 Å². The van der Waals surface area contributed by atoms with Crippen LogP contribution in [0, 0.1) is 5.92 Å². The van der Waals surface area contributed by atoms with E-state index < -0.39 is 0 Å². The summed E-state index contributed by atoms with van der Waals surface area (Å²) in [5.41, 5.74) is 3.96. The number of aromatic amines is 2. The van der Waals surface area contributed by atoms with Gasteiger partial charge in [-0.25, -0.2) is 4.98 Å². The molecule has 7 nitrogen and oxygen atoms in total. The quantitative estimate of drug-likeness (QED) is 0.190. The molecule has 7 heteroatoms. The van der Waals surface area contributed by atoms with Crippen molar-refractivity contribution in [3.63, 3.8) is 0 Å². The Kier molecular flexibility index (Phi) is 7.98. The molecule has 2 heterocycles. The highest BCUT2D eigenvalue weighted by atomic mass is 16.5. The first-order chi connectivity index (χ1) is 18.8. The topological polar surface area (TPSA) is 82.7 Å². The zero-order chi connectivity index (χ0) is 27.5. The Morgan fingerprint density at radius 2 is 1.54 bits per heavy atom. The number of hydrogen-bond acceptors (Lipinski definition) is 5. The Morgan fingerprint density at radius 1 is 0.795 bits per heavy atom. The monoisotopic (exact) mass is 524 g/mol. The molecule has 0 unspecified atom stereocenters. The lowest BCUT2D eigenvalue weighted by Gasteiger charge is -2.30. The lowest BCUT2D eigenvalue weighted by atomic mass is 10.0. The molecule has 0 saturated heterocycles. The first kappa shape index (κ1) is 26.9. The van der Waals surface area contributed by atoms with Crippen molar-refractivity contribution < 1.29 is 4.74 Å². The molecule has 204 valence electrons. The van der Waals surface area contributed by atoms with E-state index in [-0.39, 0.29) is 0 Å². The van der Waals surface area contributed by atoms with Crippen LogP contribution in [0.3, 0.4) is 0 Å². The molecule has 5 aromatic rings. The normalized spacial score (nSPS) is 12.2. The van der Waals surface area contributed by atoms with Crippen LogP contribution in [0.2, 0.25) is 0 Å². The van der Waals surface area contributed by atoms with E-state index in [0.717, 1.165) is 75.3 Å². The molecule has 2 N–H and O–H groups in total. The summed E-state index contributed by atoms with van der Waals surface area (Å²) in [6.07, 6.45) is 1.99. The van der Waals surface area contributed by atoms with Gasteiger partial charge in [0, 0.05) is 41.6 Å². The molecule has 5 rings (SSSR count). The summed E-state index contributed by atoms with van der Waals surface area (Å²) in [4.78, 5) is 7.18. The van der Waals surface area contributed by atoms with Crippen molar-refractivity contribution in [2.75, 3.05) is 13.2 Å². The van der Waals surface area contributed by atoms with E-state index >= 15 is 0 Å². The fourth-order valence-electron chi connectivity index (χ4n) is 5.18. The van der Waals surface area contributed by atoms with Crippen LogP contribution in [0.4, 0.5) is 0 Å². The summed E-state index contributed by atoms with van der Waals surface area (Å²) in [5, 5.41) is 18.8. The molecular weight excluding hydrogens is 484 g/mol. The second-order valence-electron chi connectivity index (χ2n) is 11.4. The number of ether oxygens (including phenoxy) is 1. The number of nitrogens with zero attached hydrogens (tertiary/aromatic N) is 4. The third-order valence-corrected chi connectivity index (χ3v) is 7.34. The van der Waals surface area contributed by atoms with E-state index in [9.17, 15) is 0 Å². The molecular formula is C32H40N6O. The zero-order valence-corrected chi connectivity index (χ0v) is 24.0. The van der Waals surface area contributed by atoms with E-state index in [0.29, 0.717) is 24.6 Å². The van der Waals surface area contributed by atoms with Crippen molar-refractivity contribution in [2.24, 2.45) is 5.92 Å². The average Bonchev–Trinajstić information content (AvgIpc) is 3.56. The predicted molar refractivity (Wildman–Crippen MR) is 160 cm³/mol. The van der Waals surface area contributed by atoms with Crippen LogP contribution < -0.4 is 4.74 Å². The van der Waals surface area contributed by atoms with Crippen molar-refractivity contribution in [3.05, 3.63) is 60.4 Å². The Hall–Kier alpha value is -3.71. The van der Waals surface area contributed by atoms with Gasteiger partial charge in [0.05, 0.1) is 11.2 Å². The number of benzene rings is 3. The number of aromatic nitrogens is 5. The van der Waals surface area contributed by atoms with Gasteiger partial charge >= 0.3 is 0 Å². The molecule has 0 atom stereocenters. The third kappa shape index (κ3) is 6.14. The summed E-state index contributed by atoms with van der Waals surface area (Å²) in [6, 6.07) is 20.0. The summed E-state index contributed by atoms with van der Waals surface area (Å²) < 4.78 is 6.12. The van der Waals surface area contributed by atoms with Gasteiger partial charge in [-0.2, -0.15) is 10.2 Å². The van der Waals surface area contributed by atoms with E-state index in [1.165, 1.54) is 0 Å². The molecule has 0 radical (unpaired) electrons. The van der Waals surface area contributed by atoms with E-state index in [4.69, 9.17) is 9.72 Å².